The number of anilines is 1. The molecule has 0 bridgehead atoms. The number of amides is 1. The van der Waals surface area contributed by atoms with Crippen LogP contribution in [0.25, 0.3) is 0 Å². The maximum absolute atomic E-state index is 12.3. The third kappa shape index (κ3) is 4.49. The first-order valence-corrected chi connectivity index (χ1v) is 7.08. The summed E-state index contributed by atoms with van der Waals surface area (Å²) in [5.41, 5.74) is 3.80. The molecule has 0 spiro atoms. The third-order valence-electron chi connectivity index (χ3n) is 3.10. The molecule has 5 heteroatoms. The van der Waals surface area contributed by atoms with E-state index in [1.807, 2.05) is 13.0 Å². The molecule has 0 aliphatic heterocycles. The first kappa shape index (κ1) is 16.4. The molecular weight excluding hydrogens is 252 g/mol. The zero-order valence-corrected chi connectivity index (χ0v) is 13.1. The van der Waals surface area contributed by atoms with Crippen molar-refractivity contribution in [1.82, 2.24) is 10.3 Å². The summed E-state index contributed by atoms with van der Waals surface area (Å²) in [6.07, 6.45) is 2.01. The number of carbonyl (C=O) groups is 1. The Morgan fingerprint density at radius 1 is 1.40 bits per heavy atom. The molecule has 1 heterocycles. The van der Waals surface area contributed by atoms with E-state index in [-0.39, 0.29) is 17.4 Å². The number of hydrogen-bond donors (Lipinski definition) is 3. The Bertz CT molecular complexity index is 465. The monoisotopic (exact) mass is 278 g/mol. The average molecular weight is 278 g/mol. The van der Waals surface area contributed by atoms with Gasteiger partial charge < -0.3 is 10.7 Å². The van der Waals surface area contributed by atoms with Crippen LogP contribution in [-0.2, 0) is 5.41 Å². The second-order valence-corrected chi connectivity index (χ2v) is 6.18. The Morgan fingerprint density at radius 3 is 2.55 bits per heavy atom. The summed E-state index contributed by atoms with van der Waals surface area (Å²) in [5.74, 6) is 5.85. The lowest BCUT2D eigenvalue weighted by Crippen LogP contribution is -2.33. The van der Waals surface area contributed by atoms with E-state index in [9.17, 15) is 4.79 Å². The van der Waals surface area contributed by atoms with Crippen LogP contribution in [0.3, 0.4) is 0 Å². The number of aromatic nitrogens is 1. The van der Waals surface area contributed by atoms with Gasteiger partial charge in [0.15, 0.2) is 0 Å². The van der Waals surface area contributed by atoms with E-state index in [0.29, 0.717) is 11.4 Å². The highest BCUT2D eigenvalue weighted by Crippen LogP contribution is 2.23. The molecule has 0 aliphatic carbocycles. The van der Waals surface area contributed by atoms with Crippen LogP contribution >= 0.6 is 0 Å². The van der Waals surface area contributed by atoms with Crippen molar-refractivity contribution in [3.05, 3.63) is 23.4 Å². The van der Waals surface area contributed by atoms with Crippen molar-refractivity contribution in [2.24, 2.45) is 5.84 Å². The summed E-state index contributed by atoms with van der Waals surface area (Å²) in [6.45, 7) is 10.3. The van der Waals surface area contributed by atoms with Crippen LogP contribution in [-0.4, -0.2) is 16.9 Å². The fourth-order valence-electron chi connectivity index (χ4n) is 1.93. The highest BCUT2D eigenvalue weighted by Gasteiger charge is 2.19. The van der Waals surface area contributed by atoms with Gasteiger partial charge in [-0.1, -0.05) is 34.1 Å². The Labute approximate surface area is 121 Å². The van der Waals surface area contributed by atoms with E-state index in [2.05, 4.69) is 43.4 Å². The summed E-state index contributed by atoms with van der Waals surface area (Å²) >= 11 is 0. The molecule has 1 amide bonds. The van der Waals surface area contributed by atoms with Crippen molar-refractivity contribution in [2.75, 3.05) is 5.43 Å². The molecule has 0 saturated heterocycles. The zero-order chi connectivity index (χ0) is 15.3. The largest absolute Gasteiger partial charge is 0.350 e. The molecule has 1 aromatic rings. The number of pyridine rings is 1. The molecule has 112 valence electrons. The van der Waals surface area contributed by atoms with Crippen molar-refractivity contribution >= 4 is 11.7 Å². The van der Waals surface area contributed by atoms with Gasteiger partial charge in [0, 0.05) is 22.7 Å². The smallest absolute Gasteiger partial charge is 0.251 e. The zero-order valence-electron chi connectivity index (χ0n) is 13.1. The lowest BCUT2D eigenvalue weighted by atomic mass is 9.90. The van der Waals surface area contributed by atoms with Gasteiger partial charge in [-0.25, -0.2) is 10.8 Å². The van der Waals surface area contributed by atoms with Gasteiger partial charge in [-0.2, -0.15) is 0 Å². The van der Waals surface area contributed by atoms with Gasteiger partial charge in [-0.15, -0.1) is 0 Å². The molecule has 4 N–H and O–H groups in total. The minimum atomic E-state index is -0.142. The van der Waals surface area contributed by atoms with Crippen LogP contribution in [0.4, 0.5) is 5.82 Å². The van der Waals surface area contributed by atoms with Gasteiger partial charge >= 0.3 is 0 Å². The van der Waals surface area contributed by atoms with Gasteiger partial charge in [0.2, 0.25) is 0 Å². The van der Waals surface area contributed by atoms with Crippen molar-refractivity contribution in [1.29, 1.82) is 0 Å². The minimum absolute atomic E-state index is 0.0876. The lowest BCUT2D eigenvalue weighted by molar-refractivity contribution is 0.0938. The molecule has 5 nitrogen and oxygen atoms in total. The predicted molar refractivity (Wildman–Crippen MR) is 82.6 cm³/mol. The van der Waals surface area contributed by atoms with Crippen molar-refractivity contribution < 1.29 is 4.79 Å². The predicted octanol–water partition coefficient (Wildman–Crippen LogP) is 2.58. The topological polar surface area (TPSA) is 80.0 Å². The average Bonchev–Trinajstić information content (AvgIpc) is 2.37. The number of nitrogens with one attached hydrogen (secondary N) is 2. The second kappa shape index (κ2) is 6.70. The second-order valence-electron chi connectivity index (χ2n) is 6.18. The number of nitrogens with zero attached hydrogens (tertiary/aromatic N) is 1. The van der Waals surface area contributed by atoms with Gasteiger partial charge in [-0.3, -0.25) is 4.79 Å². The van der Waals surface area contributed by atoms with E-state index in [4.69, 9.17) is 5.84 Å². The van der Waals surface area contributed by atoms with Crippen LogP contribution in [0.2, 0.25) is 0 Å². The molecule has 0 fully saturated rings. The summed E-state index contributed by atoms with van der Waals surface area (Å²) in [6, 6.07) is 3.66. The van der Waals surface area contributed by atoms with Crippen LogP contribution in [0, 0.1) is 0 Å². The number of hydrogen-bond acceptors (Lipinski definition) is 4. The van der Waals surface area contributed by atoms with E-state index in [1.54, 1.807) is 6.07 Å². The molecule has 0 radical (unpaired) electrons. The summed E-state index contributed by atoms with van der Waals surface area (Å²) in [5, 5.41) is 2.99. The van der Waals surface area contributed by atoms with E-state index in [1.165, 1.54) is 0 Å². The molecule has 1 atom stereocenters. The summed E-state index contributed by atoms with van der Waals surface area (Å²) < 4.78 is 0. The highest BCUT2D eigenvalue weighted by molar-refractivity contribution is 5.95. The molecule has 1 unspecified atom stereocenters. The number of hydrazine groups is 1. The number of carbonyl (C=O) groups excluding carboxylic acids is 1. The highest BCUT2D eigenvalue weighted by atomic mass is 16.1. The van der Waals surface area contributed by atoms with Gasteiger partial charge in [0.25, 0.3) is 5.91 Å². The van der Waals surface area contributed by atoms with Gasteiger partial charge in [-0.05, 0) is 25.5 Å². The lowest BCUT2D eigenvalue weighted by Gasteiger charge is -2.20. The van der Waals surface area contributed by atoms with E-state index < -0.39 is 0 Å². The maximum atomic E-state index is 12.3. The fraction of sp³-hybridized carbons (Fsp3) is 0.600. The van der Waals surface area contributed by atoms with E-state index in [0.717, 1.165) is 18.5 Å². The third-order valence-corrected chi connectivity index (χ3v) is 3.10. The van der Waals surface area contributed by atoms with Crippen molar-refractivity contribution in [2.45, 2.75) is 58.9 Å². The molecule has 20 heavy (non-hydrogen) atoms. The maximum Gasteiger partial charge on any atom is 0.251 e. The van der Waals surface area contributed by atoms with Crippen LogP contribution < -0.4 is 16.6 Å². The normalized spacial score (nSPS) is 12.9. The Balaban J connectivity index is 3.02. The molecular formula is C15H26N4O. The number of rotatable bonds is 5. The SMILES string of the molecule is CCCC(C)NC(=O)c1cc(NN)nc(C(C)(C)C)c1. The van der Waals surface area contributed by atoms with Crippen molar-refractivity contribution in [3.8, 4) is 0 Å². The molecule has 0 aliphatic rings. The Kier molecular flexibility index (Phi) is 5.51. The van der Waals surface area contributed by atoms with Gasteiger partial charge in [0.05, 0.1) is 0 Å². The summed E-state index contributed by atoms with van der Waals surface area (Å²) in [7, 11) is 0. The molecule has 1 rings (SSSR count). The summed E-state index contributed by atoms with van der Waals surface area (Å²) in [4.78, 5) is 16.7. The molecule has 1 aromatic heterocycles. The van der Waals surface area contributed by atoms with Gasteiger partial charge in [0.1, 0.15) is 5.82 Å². The van der Waals surface area contributed by atoms with Crippen LogP contribution in [0.1, 0.15) is 63.5 Å². The van der Waals surface area contributed by atoms with Crippen LogP contribution in [0.15, 0.2) is 12.1 Å². The quantitative estimate of drug-likeness (QED) is 0.571. The Morgan fingerprint density at radius 2 is 2.05 bits per heavy atom. The number of nitrogen functional groups attached to an aromatic ring is 1. The number of nitrogens with two attached hydrogens (primary N) is 1. The minimum Gasteiger partial charge on any atom is -0.350 e. The molecule has 0 saturated carbocycles. The first-order valence-electron chi connectivity index (χ1n) is 7.08. The molecule has 0 aromatic carbocycles. The van der Waals surface area contributed by atoms with Crippen LogP contribution in [0.5, 0.6) is 0 Å². The Hall–Kier alpha value is -1.62. The van der Waals surface area contributed by atoms with Crippen molar-refractivity contribution in [3.63, 3.8) is 0 Å². The fourth-order valence-corrected chi connectivity index (χ4v) is 1.93. The first-order chi connectivity index (χ1) is 9.27. The van der Waals surface area contributed by atoms with E-state index >= 15 is 0 Å². The standard InChI is InChI=1S/C15H26N4O/c1-6-7-10(2)17-14(20)11-8-12(15(3,4)5)18-13(9-11)19-16/h8-10H,6-7,16H2,1-5H3,(H,17,20)(H,18,19).